The molecule has 2 N–H and O–H groups in total. The second-order valence-electron chi connectivity index (χ2n) is 10.4. The average Bonchev–Trinajstić information content (AvgIpc) is 3.03. The third-order valence-electron chi connectivity index (χ3n) is 7.22. The van der Waals surface area contributed by atoms with Crippen LogP contribution in [0.3, 0.4) is 0 Å². The number of fused-ring (bicyclic) bond motifs is 1. The molecule has 10 heteroatoms. The molecule has 0 spiro atoms. The van der Waals surface area contributed by atoms with Crippen molar-refractivity contribution in [3.05, 3.63) is 141 Å². The number of carboxylic acid groups (broad SMARTS) is 1. The van der Waals surface area contributed by atoms with Gasteiger partial charge in [-0.3, -0.25) is 0 Å². The van der Waals surface area contributed by atoms with Crippen molar-refractivity contribution in [3.63, 3.8) is 0 Å². The fourth-order valence-corrected chi connectivity index (χ4v) is 7.50. The highest BCUT2D eigenvalue weighted by molar-refractivity contribution is 7.99. The first-order valence-corrected chi connectivity index (χ1v) is 17.3. The van der Waals surface area contributed by atoms with Crippen molar-refractivity contribution in [2.75, 3.05) is 6.54 Å². The molecule has 0 saturated carbocycles. The summed E-state index contributed by atoms with van der Waals surface area (Å²) in [6.07, 6.45) is 4.48. The van der Waals surface area contributed by atoms with Crippen LogP contribution in [0.25, 0.3) is 23.1 Å². The number of pyridine rings is 1. The number of carbonyl (C=O) groups is 1. The lowest BCUT2D eigenvalue weighted by molar-refractivity contribution is 0.0697. The number of rotatable bonds is 12. The van der Waals surface area contributed by atoms with Crippen molar-refractivity contribution >= 4 is 74.0 Å². The molecule has 1 aromatic heterocycles. The van der Waals surface area contributed by atoms with E-state index in [1.54, 1.807) is 36.0 Å². The lowest BCUT2D eigenvalue weighted by atomic mass is 10.1. The first kappa shape index (κ1) is 32.7. The Hall–Kier alpha value is -3.66. The van der Waals surface area contributed by atoms with Gasteiger partial charge in [-0.05, 0) is 90.7 Å². The van der Waals surface area contributed by atoms with Crippen LogP contribution >= 0.6 is 35.0 Å². The van der Waals surface area contributed by atoms with E-state index in [1.807, 2.05) is 72.8 Å². The number of nitrogens with one attached hydrogen (secondary N) is 1. The molecule has 0 bridgehead atoms. The second-order valence-corrected chi connectivity index (χ2v) is 14.6. The molecule has 0 aliphatic rings. The van der Waals surface area contributed by atoms with Crippen LogP contribution in [0.5, 0.6) is 0 Å². The number of sulfonamides is 1. The lowest BCUT2D eigenvalue weighted by Gasteiger charge is -2.22. The predicted molar refractivity (Wildman–Crippen MR) is 186 cm³/mol. The number of hydrogen-bond donors (Lipinski definition) is 2. The Kier molecular flexibility index (Phi) is 10.6. The number of thioether (sulfide) groups is 1. The molecule has 2 unspecified atom stereocenters. The largest absolute Gasteiger partial charge is 0.478 e. The first-order valence-electron chi connectivity index (χ1n) is 14.2. The van der Waals surface area contributed by atoms with Crippen LogP contribution in [0.2, 0.25) is 10.0 Å². The molecule has 5 aromatic rings. The lowest BCUT2D eigenvalue weighted by Crippen LogP contribution is -2.25. The normalized spacial score (nSPS) is 13.2. The minimum Gasteiger partial charge on any atom is -0.478 e. The number of halogens is 2. The summed E-state index contributed by atoms with van der Waals surface area (Å²) >= 11 is 13.8. The topological polar surface area (TPSA) is 96.4 Å². The van der Waals surface area contributed by atoms with Crippen molar-refractivity contribution in [2.24, 2.45) is 0 Å². The Morgan fingerprint density at radius 3 is 2.33 bits per heavy atom. The van der Waals surface area contributed by atoms with Crippen LogP contribution in [-0.4, -0.2) is 31.0 Å². The smallest absolute Gasteiger partial charge is 0.335 e. The van der Waals surface area contributed by atoms with Gasteiger partial charge < -0.3 is 5.11 Å². The zero-order valence-corrected chi connectivity index (χ0v) is 27.4. The third kappa shape index (κ3) is 8.75. The van der Waals surface area contributed by atoms with Crippen LogP contribution in [0, 0.1) is 0 Å². The molecule has 0 amide bonds. The van der Waals surface area contributed by atoms with Gasteiger partial charge in [-0.2, -0.15) is 0 Å². The molecule has 5 rings (SSSR count). The monoisotopic (exact) mass is 676 g/mol. The van der Waals surface area contributed by atoms with Gasteiger partial charge in [0.05, 0.1) is 21.7 Å². The number of aromatic carboxylic acids is 1. The van der Waals surface area contributed by atoms with E-state index in [4.69, 9.17) is 28.2 Å². The van der Waals surface area contributed by atoms with Crippen LogP contribution in [0.15, 0.2) is 108 Å². The van der Waals surface area contributed by atoms with Gasteiger partial charge in [-0.25, -0.2) is 22.9 Å². The first-order chi connectivity index (χ1) is 21.6. The van der Waals surface area contributed by atoms with E-state index >= 15 is 0 Å². The van der Waals surface area contributed by atoms with E-state index in [-0.39, 0.29) is 27.5 Å². The summed E-state index contributed by atoms with van der Waals surface area (Å²) in [6, 6.07) is 30.6. The van der Waals surface area contributed by atoms with Gasteiger partial charge in [-0.15, -0.1) is 11.8 Å². The summed E-state index contributed by atoms with van der Waals surface area (Å²) in [7, 11) is -3.71. The van der Waals surface area contributed by atoms with Crippen LogP contribution in [-0.2, 0) is 10.0 Å². The maximum atomic E-state index is 12.9. The molecule has 230 valence electrons. The number of aromatic nitrogens is 1. The van der Waals surface area contributed by atoms with Crippen LogP contribution < -0.4 is 4.72 Å². The Balaban J connectivity index is 1.36. The van der Waals surface area contributed by atoms with Gasteiger partial charge >= 0.3 is 5.97 Å². The van der Waals surface area contributed by atoms with Gasteiger partial charge in [0.2, 0.25) is 10.0 Å². The maximum absolute atomic E-state index is 12.9. The quantitative estimate of drug-likeness (QED) is 0.137. The van der Waals surface area contributed by atoms with E-state index in [1.165, 1.54) is 12.1 Å². The fraction of sp³-hybridized carbons (Fsp3) is 0.143. The van der Waals surface area contributed by atoms with Gasteiger partial charge in [-0.1, -0.05) is 77.8 Å². The highest BCUT2D eigenvalue weighted by Crippen LogP contribution is 2.42. The second kappa shape index (κ2) is 14.6. The molecule has 6 nitrogen and oxygen atoms in total. The summed E-state index contributed by atoms with van der Waals surface area (Å²) < 4.78 is 28.6. The summed E-state index contributed by atoms with van der Waals surface area (Å²) in [5, 5.41) is 11.3. The van der Waals surface area contributed by atoms with Crippen molar-refractivity contribution in [2.45, 2.75) is 28.7 Å². The zero-order valence-electron chi connectivity index (χ0n) is 24.2. The molecule has 0 aliphatic heterocycles. The molecule has 2 atom stereocenters. The molecular weight excluding hydrogens is 647 g/mol. The number of benzene rings is 4. The fourth-order valence-electron chi connectivity index (χ4n) is 4.80. The SMILES string of the molecule is CC(SC(CCNS(=O)(=O)c1ccc(Cl)cc1)c1cccc(/C=C/c2ccc3ccc(Cl)cc3n2)c1)c1ccc(C(=O)O)cc1. The molecule has 0 aliphatic carbocycles. The average molecular weight is 678 g/mol. The molecule has 0 radical (unpaired) electrons. The minimum absolute atomic E-state index is 0.0125. The Morgan fingerprint density at radius 1 is 0.889 bits per heavy atom. The van der Waals surface area contributed by atoms with E-state index in [0.717, 1.165) is 33.3 Å². The third-order valence-corrected chi connectivity index (χ3v) is 10.7. The summed E-state index contributed by atoms with van der Waals surface area (Å²) in [5.74, 6) is -0.972. The summed E-state index contributed by atoms with van der Waals surface area (Å²) in [5.41, 5.74) is 4.85. The molecular formula is C35H30Cl2N2O4S2. The number of hydrogen-bond acceptors (Lipinski definition) is 5. The predicted octanol–water partition coefficient (Wildman–Crippen LogP) is 9.31. The molecule has 1 heterocycles. The van der Waals surface area contributed by atoms with Gasteiger partial charge in [0.1, 0.15) is 0 Å². The Bertz CT molecular complexity index is 1950. The minimum atomic E-state index is -3.71. The van der Waals surface area contributed by atoms with Crippen LogP contribution in [0.4, 0.5) is 0 Å². The molecule has 0 saturated heterocycles. The number of carboxylic acids is 1. The van der Waals surface area contributed by atoms with Gasteiger partial charge in [0.15, 0.2) is 0 Å². The van der Waals surface area contributed by atoms with Crippen LogP contribution in [0.1, 0.15) is 56.6 Å². The summed E-state index contributed by atoms with van der Waals surface area (Å²) in [4.78, 5) is 16.2. The van der Waals surface area contributed by atoms with E-state index < -0.39 is 16.0 Å². The van der Waals surface area contributed by atoms with Gasteiger partial charge in [0, 0.05) is 32.5 Å². The van der Waals surface area contributed by atoms with Crippen molar-refractivity contribution in [3.8, 4) is 0 Å². The molecule has 0 fully saturated rings. The standard InChI is InChI=1S/C35H30Cl2N2O4S2/c1-23(25-6-8-27(9-7-25)35(40)41)44-34(19-20-38-45(42,43)32-17-13-29(36)14-18-32)28-4-2-3-24(21-28)5-15-31-16-11-26-10-12-30(37)22-33(26)39-31/h2-18,21-23,34,38H,19-20H2,1H3,(H,40,41)/b15-5+. The Labute approximate surface area is 277 Å². The highest BCUT2D eigenvalue weighted by atomic mass is 35.5. The Morgan fingerprint density at radius 2 is 1.60 bits per heavy atom. The van der Waals surface area contributed by atoms with Gasteiger partial charge in [0.25, 0.3) is 0 Å². The van der Waals surface area contributed by atoms with Crippen molar-refractivity contribution in [1.29, 1.82) is 0 Å². The summed E-state index contributed by atoms with van der Waals surface area (Å²) in [6.45, 7) is 2.28. The molecule has 45 heavy (non-hydrogen) atoms. The zero-order chi connectivity index (χ0) is 32.0. The van der Waals surface area contributed by atoms with Crippen molar-refractivity contribution < 1.29 is 18.3 Å². The van der Waals surface area contributed by atoms with E-state index in [9.17, 15) is 18.3 Å². The number of nitrogens with zero attached hydrogens (tertiary/aromatic N) is 1. The van der Waals surface area contributed by atoms with Crippen molar-refractivity contribution in [1.82, 2.24) is 9.71 Å². The highest BCUT2D eigenvalue weighted by Gasteiger charge is 2.20. The van der Waals surface area contributed by atoms with E-state index in [0.29, 0.717) is 16.5 Å². The molecule has 4 aromatic carbocycles. The van der Waals surface area contributed by atoms with E-state index in [2.05, 4.69) is 17.7 Å². The maximum Gasteiger partial charge on any atom is 0.335 e.